The summed E-state index contributed by atoms with van der Waals surface area (Å²) in [4.78, 5) is 9.60. The van der Waals surface area contributed by atoms with Gasteiger partial charge in [-0.05, 0) is 121 Å². The van der Waals surface area contributed by atoms with Gasteiger partial charge in [-0.15, -0.1) is 53.6 Å². The average Bonchev–Trinajstić information content (AvgIpc) is 3.93. The van der Waals surface area contributed by atoms with Crippen LogP contribution in [0.2, 0.25) is 0 Å². The number of imidazole rings is 1. The van der Waals surface area contributed by atoms with E-state index in [1.54, 1.807) is 30.5 Å². The summed E-state index contributed by atoms with van der Waals surface area (Å²) < 4.78 is 56.9. The molecular weight excluding hydrogens is 995 g/mol. The van der Waals surface area contributed by atoms with E-state index in [0.717, 1.165) is 66.3 Å². The largest absolute Gasteiger partial charge is 0.501 e. The molecule has 335 valence electrons. The number of aromatic nitrogens is 3. The van der Waals surface area contributed by atoms with Crippen LogP contribution in [0.15, 0.2) is 162 Å². The van der Waals surface area contributed by atoms with Crippen LogP contribution in [0.4, 0.5) is 0 Å². The molecule has 11 aromatic rings. The van der Waals surface area contributed by atoms with Gasteiger partial charge in [-0.25, -0.2) is 0 Å². The van der Waals surface area contributed by atoms with Crippen molar-refractivity contribution < 1.29 is 32.7 Å². The molecular formula is C62H55IrN3O-2. The van der Waals surface area contributed by atoms with Crippen LogP contribution in [0.5, 0.6) is 0 Å². The normalized spacial score (nSPS) is 13.5. The molecule has 0 spiro atoms. The molecule has 0 amide bonds. The molecule has 3 aromatic heterocycles. The molecule has 0 aliphatic rings. The van der Waals surface area contributed by atoms with Crippen molar-refractivity contribution in [3.05, 3.63) is 198 Å². The second-order valence-corrected chi connectivity index (χ2v) is 18.8. The number of hydrogen-bond acceptors (Lipinski definition) is 3. The van der Waals surface area contributed by atoms with Crippen molar-refractivity contribution in [2.45, 2.75) is 79.4 Å². The fraction of sp³-hybridized carbons (Fsp3) is 0.194. The summed E-state index contributed by atoms with van der Waals surface area (Å²) >= 11 is 0. The molecule has 0 saturated heterocycles. The van der Waals surface area contributed by atoms with E-state index in [1.807, 2.05) is 36.4 Å². The maximum atomic E-state index is 8.65. The third-order valence-corrected chi connectivity index (χ3v) is 12.7. The van der Waals surface area contributed by atoms with Crippen LogP contribution in [0, 0.1) is 25.8 Å². The summed E-state index contributed by atoms with van der Waals surface area (Å²) in [6.45, 7) is 10.8. The van der Waals surface area contributed by atoms with Gasteiger partial charge in [0, 0.05) is 45.6 Å². The van der Waals surface area contributed by atoms with Gasteiger partial charge in [0.1, 0.15) is 5.58 Å². The Morgan fingerprint density at radius 2 is 1.42 bits per heavy atom. The first-order valence-corrected chi connectivity index (χ1v) is 22.7. The first-order chi connectivity index (χ1) is 34.3. The molecule has 3 heterocycles. The summed E-state index contributed by atoms with van der Waals surface area (Å²) in [7, 11) is 0. The van der Waals surface area contributed by atoms with E-state index in [4.69, 9.17) is 17.6 Å². The van der Waals surface area contributed by atoms with E-state index in [1.165, 1.54) is 22.4 Å². The van der Waals surface area contributed by atoms with Crippen molar-refractivity contribution in [2.24, 2.45) is 0 Å². The molecule has 0 aliphatic carbocycles. The number of aryl methyl sites for hydroxylation is 2. The molecule has 0 fully saturated rings. The molecule has 67 heavy (non-hydrogen) atoms. The van der Waals surface area contributed by atoms with Gasteiger partial charge in [-0.2, -0.15) is 0 Å². The monoisotopic (exact) mass is 1060 g/mol. The third kappa shape index (κ3) is 8.52. The van der Waals surface area contributed by atoms with Crippen molar-refractivity contribution in [1.29, 1.82) is 0 Å². The Hall–Kier alpha value is -6.65. The summed E-state index contributed by atoms with van der Waals surface area (Å²) in [5.74, 6) is 0.840. The molecule has 0 atom stereocenters. The van der Waals surface area contributed by atoms with Crippen molar-refractivity contribution in [3.8, 4) is 39.5 Å². The van der Waals surface area contributed by atoms with E-state index in [2.05, 4.69) is 155 Å². The minimum atomic E-state index is -2.37. The predicted octanol–water partition coefficient (Wildman–Crippen LogP) is 17.1. The molecule has 0 aliphatic heterocycles. The molecule has 11 rings (SSSR count). The SMILES string of the molecule is [2H]C([2H])([2H])c1c[c-]c(-c2cc(C(C)(C)C)ccn2)cc1.[2H]C([2H])([2H])c1cccc2nc(-c3[c-]ccc4c3oc3cc5c(ccc6ccccc65)cc34)n(-c3c(C(C)C)cc(-c4ccccc4)cc3C(C)C)c12.[Ir]. The Bertz CT molecular complexity index is 3800. The number of benzene rings is 8. The molecule has 1 radical (unpaired) electrons. The summed E-state index contributed by atoms with van der Waals surface area (Å²) in [5.41, 5.74) is 12.2. The van der Waals surface area contributed by atoms with Gasteiger partial charge < -0.3 is 14.0 Å². The molecule has 0 N–H and O–H groups in total. The van der Waals surface area contributed by atoms with Crippen LogP contribution in [0.3, 0.4) is 0 Å². The zero-order valence-corrected chi connectivity index (χ0v) is 41.1. The van der Waals surface area contributed by atoms with Crippen molar-refractivity contribution in [1.82, 2.24) is 14.5 Å². The van der Waals surface area contributed by atoms with Gasteiger partial charge in [0.05, 0.1) is 22.4 Å². The van der Waals surface area contributed by atoms with Crippen LogP contribution in [0.25, 0.3) is 94.0 Å². The number of rotatable bonds is 6. The second kappa shape index (κ2) is 18.2. The Balaban J connectivity index is 0.000000264. The van der Waals surface area contributed by atoms with Gasteiger partial charge >= 0.3 is 0 Å². The van der Waals surface area contributed by atoms with Gasteiger partial charge in [0.25, 0.3) is 0 Å². The quantitative estimate of drug-likeness (QED) is 0.123. The van der Waals surface area contributed by atoms with Crippen molar-refractivity contribution >= 4 is 54.5 Å². The van der Waals surface area contributed by atoms with E-state index in [9.17, 15) is 0 Å². The summed E-state index contributed by atoms with van der Waals surface area (Å²) in [6, 6.07) is 56.9. The van der Waals surface area contributed by atoms with E-state index >= 15 is 0 Å². The number of nitrogens with zero attached hydrogens (tertiary/aromatic N) is 3. The Morgan fingerprint density at radius 1 is 0.657 bits per heavy atom. The second-order valence-electron chi connectivity index (χ2n) is 18.8. The standard InChI is InChI=1S/C46H37N2O.C16H18N.Ir/c1-27(2)37-24-33(30-14-7-6-8-15-30)25-38(28(3)4)44(37)48-43-29(5)13-11-20-41(43)47-46(48)36-19-12-18-35-40-23-32-22-21-31-16-9-10-17-34(31)39(32)26-42(40)49-45(35)36;1-12-5-7-13(8-6-12)15-11-14(9-10-17-15)16(2,3)4;/h6-18,20-28H,1-5H3;5-7,9-11H,1-4H3;/q2*-1;/i5D3;1D3;. The van der Waals surface area contributed by atoms with Crippen LogP contribution in [0.1, 0.15) is 96.3 Å². The molecule has 0 bridgehead atoms. The maximum absolute atomic E-state index is 8.65. The molecule has 8 aromatic carbocycles. The Morgan fingerprint density at radius 3 is 2.13 bits per heavy atom. The first kappa shape index (κ1) is 38.5. The van der Waals surface area contributed by atoms with Gasteiger partial charge in [0.2, 0.25) is 0 Å². The minimum absolute atomic E-state index is 0. The summed E-state index contributed by atoms with van der Waals surface area (Å²) in [5, 5.41) is 6.59. The zero-order chi connectivity index (χ0) is 50.9. The maximum Gasteiger partial charge on any atom is 0.121 e. The smallest absolute Gasteiger partial charge is 0.121 e. The number of hydrogen-bond donors (Lipinski definition) is 0. The van der Waals surface area contributed by atoms with Crippen LogP contribution in [-0.4, -0.2) is 14.5 Å². The van der Waals surface area contributed by atoms with Crippen LogP contribution in [-0.2, 0) is 25.5 Å². The number of para-hydroxylation sites is 1. The third-order valence-electron chi connectivity index (χ3n) is 12.7. The van der Waals surface area contributed by atoms with E-state index in [-0.39, 0.29) is 42.9 Å². The fourth-order valence-electron chi connectivity index (χ4n) is 9.16. The minimum Gasteiger partial charge on any atom is -0.501 e. The van der Waals surface area contributed by atoms with Gasteiger partial charge in [-0.3, -0.25) is 4.98 Å². The van der Waals surface area contributed by atoms with Crippen LogP contribution >= 0.6 is 0 Å². The number of furan rings is 1. The summed E-state index contributed by atoms with van der Waals surface area (Å²) in [6.07, 6.45) is 1.78. The molecule has 5 heteroatoms. The number of pyridine rings is 1. The number of fused-ring (bicyclic) bond motifs is 7. The Labute approximate surface area is 416 Å². The Kier molecular flexibility index (Phi) is 10.4. The van der Waals surface area contributed by atoms with E-state index < -0.39 is 13.7 Å². The van der Waals surface area contributed by atoms with E-state index in [0.29, 0.717) is 33.6 Å². The van der Waals surface area contributed by atoms with Crippen molar-refractivity contribution in [3.63, 3.8) is 0 Å². The molecule has 0 unspecified atom stereocenters. The average molecular weight is 1060 g/mol. The molecule has 4 nitrogen and oxygen atoms in total. The molecule has 0 saturated carbocycles. The first-order valence-electron chi connectivity index (χ1n) is 25.7. The van der Waals surface area contributed by atoms with Gasteiger partial charge in [0.15, 0.2) is 0 Å². The van der Waals surface area contributed by atoms with Crippen molar-refractivity contribution in [2.75, 3.05) is 0 Å². The topological polar surface area (TPSA) is 43.9 Å². The fourth-order valence-corrected chi connectivity index (χ4v) is 9.16. The van der Waals surface area contributed by atoms with Crippen LogP contribution < -0.4 is 0 Å². The zero-order valence-electron chi connectivity index (χ0n) is 44.7. The van der Waals surface area contributed by atoms with Gasteiger partial charge in [-0.1, -0.05) is 151 Å². The predicted molar refractivity (Wildman–Crippen MR) is 278 cm³/mol.